The van der Waals surface area contributed by atoms with Crippen molar-refractivity contribution < 1.29 is 28.7 Å². The predicted octanol–water partition coefficient (Wildman–Crippen LogP) is 1.56. The summed E-state index contributed by atoms with van der Waals surface area (Å²) in [6.07, 6.45) is 9.12. The lowest BCUT2D eigenvalue weighted by Gasteiger charge is -2.38. The van der Waals surface area contributed by atoms with Crippen molar-refractivity contribution in [3.63, 3.8) is 0 Å². The summed E-state index contributed by atoms with van der Waals surface area (Å²) in [5, 5.41) is 0. The van der Waals surface area contributed by atoms with Crippen molar-refractivity contribution in [1.82, 2.24) is 4.48 Å². The van der Waals surface area contributed by atoms with Gasteiger partial charge >= 0.3 is 0 Å². The first-order chi connectivity index (χ1) is 10.3. The summed E-state index contributed by atoms with van der Waals surface area (Å²) in [7, 11) is 2.36. The minimum Gasteiger partial charge on any atom is -1.00 e. The van der Waals surface area contributed by atoms with Crippen LogP contribution in [0.15, 0.2) is 24.3 Å². The second-order valence-corrected chi connectivity index (χ2v) is 6.60. The van der Waals surface area contributed by atoms with Gasteiger partial charge in [0, 0.05) is 18.6 Å². The summed E-state index contributed by atoms with van der Waals surface area (Å²) in [6.45, 7) is 6.43. The Morgan fingerprint density at radius 2 is 1.82 bits per heavy atom. The molecule has 0 radical (unpaired) electrons. The topological polar surface area (TPSA) is 9.23 Å². The molecule has 1 aromatic rings. The van der Waals surface area contributed by atoms with Crippen LogP contribution in [0.1, 0.15) is 51.0 Å². The maximum atomic E-state index is 5.88. The molecule has 0 bridgehead atoms. The number of para-hydroxylation sites is 1. The number of hydrogen-bond donors (Lipinski definition) is 0. The van der Waals surface area contributed by atoms with Gasteiger partial charge in [-0.2, -0.15) is 0 Å². The van der Waals surface area contributed by atoms with Crippen molar-refractivity contribution in [1.29, 1.82) is 0 Å². The SMILES string of the molecule is CCCCCCCOCC[N+]1(C)CCCc2ccccc21.[I-]. The number of likely N-dealkylation sites (N-methyl/N-ethyl adjacent to an activating group) is 1. The number of ether oxygens (including phenoxy) is 1. The van der Waals surface area contributed by atoms with Crippen LogP contribution in [-0.4, -0.2) is 33.4 Å². The first-order valence-electron chi connectivity index (χ1n) is 8.77. The van der Waals surface area contributed by atoms with Gasteiger partial charge < -0.3 is 28.7 Å². The van der Waals surface area contributed by atoms with Gasteiger partial charge in [-0.1, -0.05) is 50.8 Å². The monoisotopic (exact) mass is 417 g/mol. The second kappa shape index (κ2) is 10.6. The standard InChI is InChI=1S/C19H32NO.HI/c1-3-4-5-6-9-16-21-17-15-20(2)14-10-12-18-11-7-8-13-19(18)20;/h7-8,11,13H,3-6,9-10,12,14-17H2,1-2H3;1H/q+1;/p-1. The number of unbranched alkanes of at least 4 members (excludes halogenated alkanes) is 4. The molecule has 1 heterocycles. The van der Waals surface area contributed by atoms with Crippen LogP contribution in [-0.2, 0) is 11.2 Å². The van der Waals surface area contributed by atoms with Crippen LogP contribution in [0.4, 0.5) is 5.69 Å². The van der Waals surface area contributed by atoms with E-state index in [0.29, 0.717) is 0 Å². The van der Waals surface area contributed by atoms with E-state index in [1.54, 1.807) is 0 Å². The molecule has 0 N–H and O–H groups in total. The third-order valence-corrected chi connectivity index (χ3v) is 4.79. The lowest BCUT2D eigenvalue weighted by molar-refractivity contribution is -0.00000560. The summed E-state index contributed by atoms with van der Waals surface area (Å²) in [4.78, 5) is 0. The molecule has 1 aliphatic rings. The molecule has 0 aromatic heterocycles. The fraction of sp³-hybridized carbons (Fsp3) is 0.684. The second-order valence-electron chi connectivity index (χ2n) is 6.60. The Morgan fingerprint density at radius 3 is 2.64 bits per heavy atom. The Hall–Kier alpha value is -0.130. The number of rotatable bonds is 9. The average Bonchev–Trinajstić information content (AvgIpc) is 2.50. The van der Waals surface area contributed by atoms with Crippen molar-refractivity contribution in [2.24, 2.45) is 0 Å². The molecular formula is C19H32INO. The van der Waals surface area contributed by atoms with E-state index >= 15 is 0 Å². The van der Waals surface area contributed by atoms with Crippen molar-refractivity contribution in [3.05, 3.63) is 29.8 Å². The molecule has 1 unspecified atom stereocenters. The van der Waals surface area contributed by atoms with Gasteiger partial charge in [0.25, 0.3) is 0 Å². The number of aryl methyl sites for hydroxylation is 1. The van der Waals surface area contributed by atoms with Gasteiger partial charge in [-0.05, 0) is 18.9 Å². The summed E-state index contributed by atoms with van der Waals surface area (Å²) in [5.74, 6) is 0. The normalized spacial score (nSPS) is 20.3. The Bertz CT molecular complexity index is 424. The van der Waals surface area contributed by atoms with Gasteiger partial charge in [0.2, 0.25) is 0 Å². The van der Waals surface area contributed by atoms with E-state index in [-0.39, 0.29) is 24.0 Å². The van der Waals surface area contributed by atoms with Crippen LogP contribution in [0.3, 0.4) is 0 Å². The zero-order valence-corrected chi connectivity index (χ0v) is 16.5. The number of hydrogen-bond acceptors (Lipinski definition) is 1. The number of halogens is 1. The lowest BCUT2D eigenvalue weighted by atomic mass is 10.00. The first-order valence-corrected chi connectivity index (χ1v) is 8.77. The molecule has 0 saturated heterocycles. The molecule has 2 rings (SSSR count). The van der Waals surface area contributed by atoms with Gasteiger partial charge in [-0.25, -0.2) is 0 Å². The molecule has 22 heavy (non-hydrogen) atoms. The quantitative estimate of drug-likeness (QED) is 0.337. The lowest BCUT2D eigenvalue weighted by Crippen LogP contribution is -3.00. The summed E-state index contributed by atoms with van der Waals surface area (Å²) < 4.78 is 6.93. The van der Waals surface area contributed by atoms with E-state index < -0.39 is 0 Å². The van der Waals surface area contributed by atoms with Gasteiger partial charge in [0.1, 0.15) is 12.2 Å². The van der Waals surface area contributed by atoms with E-state index in [1.165, 1.54) is 62.7 Å². The largest absolute Gasteiger partial charge is 1.00 e. The molecule has 2 nitrogen and oxygen atoms in total. The Balaban J connectivity index is 0.00000242. The average molecular weight is 417 g/mol. The third-order valence-electron chi connectivity index (χ3n) is 4.79. The Morgan fingerprint density at radius 1 is 1.05 bits per heavy atom. The molecule has 0 saturated carbocycles. The van der Waals surface area contributed by atoms with Crippen molar-refractivity contribution in [3.8, 4) is 0 Å². The third kappa shape index (κ3) is 5.82. The van der Waals surface area contributed by atoms with Gasteiger partial charge in [-0.3, -0.25) is 4.48 Å². The molecule has 1 atom stereocenters. The Kier molecular flexibility index (Phi) is 9.60. The fourth-order valence-electron chi connectivity index (χ4n) is 3.40. The van der Waals surface area contributed by atoms with Crippen molar-refractivity contribution in [2.45, 2.75) is 51.9 Å². The van der Waals surface area contributed by atoms with Crippen LogP contribution in [0.2, 0.25) is 0 Å². The molecule has 0 aliphatic carbocycles. The molecule has 3 heteroatoms. The zero-order valence-electron chi connectivity index (χ0n) is 14.3. The van der Waals surface area contributed by atoms with Crippen LogP contribution < -0.4 is 28.5 Å². The predicted molar refractivity (Wildman–Crippen MR) is 91.8 cm³/mol. The highest BCUT2D eigenvalue weighted by atomic mass is 127. The number of quaternary nitrogens is 1. The number of fused-ring (bicyclic) bond motifs is 1. The maximum Gasteiger partial charge on any atom is 0.135 e. The number of nitrogens with zero attached hydrogens (tertiary/aromatic N) is 1. The Labute approximate surface area is 153 Å². The summed E-state index contributed by atoms with van der Waals surface area (Å²) in [5.41, 5.74) is 3.04. The highest BCUT2D eigenvalue weighted by Gasteiger charge is 2.30. The van der Waals surface area contributed by atoms with E-state index in [2.05, 4.69) is 38.2 Å². The number of benzene rings is 1. The summed E-state index contributed by atoms with van der Waals surface area (Å²) >= 11 is 0. The summed E-state index contributed by atoms with van der Waals surface area (Å²) in [6, 6.07) is 8.94. The molecular weight excluding hydrogens is 385 g/mol. The van der Waals surface area contributed by atoms with Crippen molar-refractivity contribution in [2.75, 3.05) is 33.4 Å². The van der Waals surface area contributed by atoms with E-state index in [0.717, 1.165) is 24.2 Å². The highest BCUT2D eigenvalue weighted by Crippen LogP contribution is 2.31. The van der Waals surface area contributed by atoms with E-state index in [9.17, 15) is 0 Å². The fourth-order valence-corrected chi connectivity index (χ4v) is 3.40. The maximum absolute atomic E-state index is 5.88. The van der Waals surface area contributed by atoms with E-state index in [1.807, 2.05) is 0 Å². The van der Waals surface area contributed by atoms with Crippen LogP contribution in [0.25, 0.3) is 0 Å². The van der Waals surface area contributed by atoms with Gasteiger partial charge in [-0.15, -0.1) is 0 Å². The van der Waals surface area contributed by atoms with Crippen LogP contribution in [0, 0.1) is 0 Å². The first kappa shape index (κ1) is 19.9. The van der Waals surface area contributed by atoms with Gasteiger partial charge in [0.15, 0.2) is 0 Å². The highest BCUT2D eigenvalue weighted by molar-refractivity contribution is 5.51. The molecule has 0 fully saturated rings. The molecule has 0 amide bonds. The molecule has 126 valence electrons. The smallest absolute Gasteiger partial charge is 0.135 e. The van der Waals surface area contributed by atoms with Crippen molar-refractivity contribution >= 4 is 5.69 Å². The van der Waals surface area contributed by atoms with Gasteiger partial charge in [0.05, 0.1) is 20.2 Å². The minimum atomic E-state index is 0. The molecule has 0 spiro atoms. The molecule has 1 aromatic carbocycles. The minimum absolute atomic E-state index is 0. The molecule has 1 aliphatic heterocycles. The van der Waals surface area contributed by atoms with Crippen LogP contribution in [0.5, 0.6) is 0 Å². The van der Waals surface area contributed by atoms with Crippen LogP contribution >= 0.6 is 0 Å². The van der Waals surface area contributed by atoms with E-state index in [4.69, 9.17) is 4.74 Å². The zero-order chi connectivity index (χ0) is 15.0.